The van der Waals surface area contributed by atoms with Crippen LogP contribution in [0.15, 0.2) is 210 Å². The molecule has 3 aliphatic heterocycles. The minimum atomic E-state index is -0.116. The third kappa shape index (κ3) is 9.46. The summed E-state index contributed by atoms with van der Waals surface area (Å²) in [5.74, 6) is 0.324. The Hall–Kier alpha value is -7.97. The molecule has 4 nitrogen and oxygen atoms in total. The molecule has 1 atom stereocenters. The van der Waals surface area contributed by atoms with Crippen LogP contribution in [0.5, 0.6) is 0 Å². The summed E-state index contributed by atoms with van der Waals surface area (Å²) in [6.07, 6.45) is 7.98. The zero-order chi connectivity index (χ0) is 62.0. The van der Waals surface area contributed by atoms with E-state index in [9.17, 15) is 0 Å². The van der Waals surface area contributed by atoms with E-state index in [4.69, 9.17) is 0 Å². The van der Waals surface area contributed by atoms with Crippen molar-refractivity contribution in [2.45, 2.75) is 148 Å². The number of fused-ring (bicyclic) bond motifs is 12. The Labute approximate surface area is 536 Å². The molecule has 0 spiro atoms. The Morgan fingerprint density at radius 1 is 0.427 bits per heavy atom. The van der Waals surface area contributed by atoms with Crippen LogP contribution in [0.4, 0.5) is 51.2 Å². The SMILES string of the molecule is CC(C)(C)c1ccc(N(c2ccc(C(C)(C)C)cc2)c2ccc3c(c2)N(c2cccc4c2SC2=CC=CCC24)c2cc(N(c4ccc(C(C)(C)C)cc4)c4ccc(C(C)(C)C)cc4)cc4c2B3c2cc(C(C)(C)C)cc3c5sc6ccccc6c5n-4c23)cc1. The monoisotopic (exact) mass is 1200 g/mol. The minimum absolute atomic E-state index is 0.00578. The third-order valence-corrected chi connectivity index (χ3v) is 22.0. The number of benzene rings is 9. The molecular formula is C82H81BN4S2. The molecule has 444 valence electrons. The summed E-state index contributed by atoms with van der Waals surface area (Å²) in [5, 5.41) is 2.63. The van der Waals surface area contributed by atoms with Crippen LogP contribution in [0.1, 0.15) is 150 Å². The molecule has 15 rings (SSSR count). The summed E-state index contributed by atoms with van der Waals surface area (Å²) >= 11 is 3.92. The van der Waals surface area contributed by atoms with Crippen LogP contribution >= 0.6 is 23.1 Å². The van der Waals surface area contributed by atoms with Crippen molar-refractivity contribution in [2.75, 3.05) is 14.7 Å². The summed E-state index contributed by atoms with van der Waals surface area (Å²) in [6.45, 7) is 34.8. The Morgan fingerprint density at radius 2 is 0.933 bits per heavy atom. The summed E-state index contributed by atoms with van der Waals surface area (Å²) < 4.78 is 5.37. The zero-order valence-corrected chi connectivity index (χ0v) is 56.2. The molecular weight excluding hydrogens is 1120 g/mol. The average molecular weight is 1200 g/mol. The van der Waals surface area contributed by atoms with E-state index in [-0.39, 0.29) is 33.8 Å². The maximum absolute atomic E-state index is 2.71. The first-order valence-electron chi connectivity index (χ1n) is 32.1. The van der Waals surface area contributed by atoms with Crippen LogP contribution in [0.3, 0.4) is 0 Å². The van der Waals surface area contributed by atoms with Gasteiger partial charge in [0.15, 0.2) is 0 Å². The Morgan fingerprint density at radius 3 is 1.48 bits per heavy atom. The van der Waals surface area contributed by atoms with Gasteiger partial charge in [-0.2, -0.15) is 0 Å². The van der Waals surface area contributed by atoms with Gasteiger partial charge in [0.2, 0.25) is 0 Å². The molecule has 0 fully saturated rings. The summed E-state index contributed by atoms with van der Waals surface area (Å²) in [5.41, 5.74) is 26.0. The van der Waals surface area contributed by atoms with Crippen LogP contribution in [-0.4, -0.2) is 11.3 Å². The fraction of sp³-hybridized carbons (Fsp3) is 0.268. The molecule has 1 unspecified atom stereocenters. The van der Waals surface area contributed by atoms with Gasteiger partial charge < -0.3 is 19.3 Å². The Balaban J connectivity index is 1.08. The van der Waals surface area contributed by atoms with Crippen molar-refractivity contribution in [3.63, 3.8) is 0 Å². The molecule has 0 N–H and O–H groups in total. The molecule has 89 heavy (non-hydrogen) atoms. The second kappa shape index (κ2) is 20.3. The van der Waals surface area contributed by atoms with Crippen molar-refractivity contribution in [2.24, 2.45) is 0 Å². The number of hydrogen-bond donors (Lipinski definition) is 0. The van der Waals surface area contributed by atoms with Gasteiger partial charge >= 0.3 is 0 Å². The van der Waals surface area contributed by atoms with Gasteiger partial charge in [-0.1, -0.05) is 225 Å². The van der Waals surface area contributed by atoms with Gasteiger partial charge in [0, 0.05) is 71.8 Å². The fourth-order valence-corrected chi connectivity index (χ4v) is 17.0. The fourth-order valence-electron chi connectivity index (χ4n) is 14.5. The minimum Gasteiger partial charge on any atom is -0.310 e. The lowest BCUT2D eigenvalue weighted by Crippen LogP contribution is -2.60. The van der Waals surface area contributed by atoms with Gasteiger partial charge in [-0.3, -0.25) is 0 Å². The van der Waals surface area contributed by atoms with Crippen molar-refractivity contribution < 1.29 is 0 Å². The number of allylic oxidation sites excluding steroid dienone is 4. The molecule has 11 aromatic rings. The molecule has 0 saturated carbocycles. The maximum Gasteiger partial charge on any atom is 0.252 e. The molecule has 2 aromatic heterocycles. The van der Waals surface area contributed by atoms with Crippen molar-refractivity contribution in [3.05, 3.63) is 239 Å². The molecule has 9 aromatic carbocycles. The molecule has 4 aliphatic rings. The van der Waals surface area contributed by atoms with Gasteiger partial charge in [0.25, 0.3) is 6.71 Å². The first-order valence-corrected chi connectivity index (χ1v) is 33.8. The molecule has 0 radical (unpaired) electrons. The largest absolute Gasteiger partial charge is 0.310 e. The smallest absolute Gasteiger partial charge is 0.252 e. The van der Waals surface area contributed by atoms with Crippen LogP contribution in [0.2, 0.25) is 0 Å². The van der Waals surface area contributed by atoms with Crippen molar-refractivity contribution in [1.29, 1.82) is 0 Å². The van der Waals surface area contributed by atoms with Crippen LogP contribution in [0.25, 0.3) is 36.9 Å². The number of anilines is 9. The van der Waals surface area contributed by atoms with E-state index < -0.39 is 0 Å². The van der Waals surface area contributed by atoms with Gasteiger partial charge in [-0.25, -0.2) is 0 Å². The summed E-state index contributed by atoms with van der Waals surface area (Å²) in [7, 11) is 0. The molecule has 0 amide bonds. The van der Waals surface area contributed by atoms with Crippen LogP contribution in [-0.2, 0) is 27.1 Å². The number of thiophene rings is 1. The lowest BCUT2D eigenvalue weighted by molar-refractivity contribution is 0.590. The molecule has 0 saturated heterocycles. The first kappa shape index (κ1) is 57.5. The Kier molecular flexibility index (Phi) is 13.1. The van der Waals surface area contributed by atoms with E-state index in [1.807, 2.05) is 23.1 Å². The van der Waals surface area contributed by atoms with Crippen LogP contribution in [0, 0.1) is 0 Å². The predicted molar refractivity (Wildman–Crippen MR) is 389 cm³/mol. The van der Waals surface area contributed by atoms with E-state index in [2.05, 4.69) is 323 Å². The van der Waals surface area contributed by atoms with Gasteiger partial charge in [-0.05, 0) is 179 Å². The highest BCUT2D eigenvalue weighted by molar-refractivity contribution is 8.03. The second-order valence-corrected chi connectivity index (χ2v) is 32.8. The second-order valence-electron chi connectivity index (χ2n) is 30.7. The van der Waals surface area contributed by atoms with E-state index in [1.54, 1.807) is 0 Å². The number of thioether (sulfide) groups is 1. The topological polar surface area (TPSA) is 14.7 Å². The molecule has 7 heteroatoms. The highest BCUT2D eigenvalue weighted by atomic mass is 32.2. The quantitative estimate of drug-likeness (QED) is 0.148. The maximum atomic E-state index is 2.71. The lowest BCUT2D eigenvalue weighted by atomic mass is 9.33. The Bertz CT molecular complexity index is 4620. The van der Waals surface area contributed by atoms with Gasteiger partial charge in [0.05, 0.1) is 27.1 Å². The normalized spacial score (nSPS) is 15.4. The summed E-state index contributed by atoms with van der Waals surface area (Å²) in [6, 6.07) is 71.5. The molecule has 1 aliphatic carbocycles. The number of hydrogen-bond acceptors (Lipinski definition) is 5. The number of aromatic nitrogens is 1. The van der Waals surface area contributed by atoms with Crippen molar-refractivity contribution >= 4 is 129 Å². The molecule has 5 heterocycles. The first-order chi connectivity index (χ1) is 42.3. The van der Waals surface area contributed by atoms with E-state index in [1.165, 1.54) is 114 Å². The third-order valence-electron chi connectivity index (χ3n) is 19.5. The average Bonchev–Trinajstić information content (AvgIpc) is 1.63. The highest BCUT2D eigenvalue weighted by Crippen LogP contribution is 2.58. The number of nitrogens with zero attached hydrogens (tertiary/aromatic N) is 4. The standard InChI is InChI=1S/C82H81BN4S2/c1-78(2,3)50-27-35-55(36-28-50)84(56-37-29-51(30-38-56)79(4,5)6)59-43-44-65-68(47-59)86(67-24-20-23-62-61-21-16-18-25-71(61)88-76(62)67)69-48-60(85(57-39-31-52(32-40-57)80(7,8)9)58-41-33-53(34-42-58)81(10,11)12)49-70-73(69)83(65)66-46-54(82(13,14)15)45-64-74(66)87(70)75-63-22-17-19-26-72(63)89-77(64)75/h16-20,22-49,61H,21H2,1-15H3. The van der Waals surface area contributed by atoms with Crippen molar-refractivity contribution in [3.8, 4) is 5.69 Å². The zero-order valence-electron chi connectivity index (χ0n) is 54.5. The lowest BCUT2D eigenvalue weighted by Gasteiger charge is -2.42. The van der Waals surface area contributed by atoms with E-state index >= 15 is 0 Å². The molecule has 0 bridgehead atoms. The van der Waals surface area contributed by atoms with E-state index in [0.717, 1.165) is 40.5 Å². The summed E-state index contributed by atoms with van der Waals surface area (Å²) in [4.78, 5) is 10.5. The van der Waals surface area contributed by atoms with Gasteiger partial charge in [-0.15, -0.1) is 11.3 Å². The van der Waals surface area contributed by atoms with Gasteiger partial charge in [0.1, 0.15) is 0 Å². The highest BCUT2D eigenvalue weighted by Gasteiger charge is 2.46. The van der Waals surface area contributed by atoms with Crippen molar-refractivity contribution in [1.82, 2.24) is 4.57 Å². The predicted octanol–water partition coefficient (Wildman–Crippen LogP) is 22.1. The van der Waals surface area contributed by atoms with Crippen LogP contribution < -0.4 is 31.1 Å². The van der Waals surface area contributed by atoms with E-state index in [0.29, 0.717) is 5.92 Å². The number of rotatable bonds is 7.